The molecule has 10 heteroatoms. The summed E-state index contributed by atoms with van der Waals surface area (Å²) < 4.78 is 25.9. The van der Waals surface area contributed by atoms with Crippen molar-refractivity contribution >= 4 is 28.5 Å². The first-order valence-corrected chi connectivity index (χ1v) is 8.42. The first-order valence-electron chi connectivity index (χ1n) is 8.42. The molecule has 3 aromatic heterocycles. The molecule has 0 bridgehead atoms. The summed E-state index contributed by atoms with van der Waals surface area (Å²) in [6, 6.07) is 4.84. The maximum atomic E-state index is 12.9. The monoisotopic (exact) mass is 386 g/mol. The first kappa shape index (κ1) is 17.8. The number of nitrogens with zero attached hydrogens (tertiary/aromatic N) is 3. The van der Waals surface area contributed by atoms with Crippen LogP contribution in [0.5, 0.6) is 0 Å². The number of aromatic nitrogens is 3. The minimum Gasteiger partial charge on any atom is -0.382 e. The number of amides is 2. The van der Waals surface area contributed by atoms with Crippen LogP contribution in [-0.4, -0.2) is 57.7 Å². The molecule has 1 saturated heterocycles. The minimum absolute atomic E-state index is 0.225. The Morgan fingerprint density at radius 2 is 2.00 bits per heavy atom. The number of aromatic amines is 1. The third-order valence-corrected chi connectivity index (χ3v) is 4.59. The van der Waals surface area contributed by atoms with E-state index in [1.165, 1.54) is 25.5 Å². The number of H-pyrrole nitrogens is 1. The zero-order valence-electron chi connectivity index (χ0n) is 14.8. The van der Waals surface area contributed by atoms with Crippen molar-refractivity contribution in [1.29, 1.82) is 0 Å². The van der Waals surface area contributed by atoms with E-state index in [1.54, 1.807) is 12.1 Å². The van der Waals surface area contributed by atoms with Gasteiger partial charge in [0.05, 0.1) is 41.1 Å². The van der Waals surface area contributed by atoms with Crippen LogP contribution in [-0.2, 0) is 0 Å². The van der Waals surface area contributed by atoms with Crippen LogP contribution < -0.4 is 11.1 Å². The van der Waals surface area contributed by atoms with Gasteiger partial charge >= 0.3 is 0 Å². The number of nitrogen functional groups attached to an aromatic ring is 1. The van der Waals surface area contributed by atoms with E-state index in [4.69, 9.17) is 5.73 Å². The zero-order valence-corrected chi connectivity index (χ0v) is 14.8. The molecule has 0 aromatic carbocycles. The number of carbonyl (C=O) groups excluding carboxylic acids is 2. The molecule has 4 rings (SSSR count). The van der Waals surface area contributed by atoms with Crippen molar-refractivity contribution in [3.63, 3.8) is 0 Å². The summed E-state index contributed by atoms with van der Waals surface area (Å²) in [5.41, 5.74) is 8.06. The molecule has 0 aliphatic carbocycles. The van der Waals surface area contributed by atoms with E-state index in [-0.39, 0.29) is 17.3 Å². The second-order valence-electron chi connectivity index (χ2n) is 6.56. The van der Waals surface area contributed by atoms with Gasteiger partial charge in [0.15, 0.2) is 0 Å². The molecule has 1 fully saturated rings. The van der Waals surface area contributed by atoms with Gasteiger partial charge in [0.2, 0.25) is 0 Å². The van der Waals surface area contributed by atoms with Crippen molar-refractivity contribution in [3.05, 3.63) is 41.7 Å². The Labute approximate surface area is 157 Å². The number of hydrogen-bond donors (Lipinski definition) is 3. The number of nitrogens with one attached hydrogen (secondary N) is 2. The topological polar surface area (TPSA) is 117 Å². The lowest BCUT2D eigenvalue weighted by atomic mass is 10.1. The van der Waals surface area contributed by atoms with Crippen LogP contribution in [0.3, 0.4) is 0 Å². The smallest absolute Gasteiger partial charge is 0.282 e. The number of nitrogens with two attached hydrogens (primary N) is 1. The van der Waals surface area contributed by atoms with Crippen LogP contribution in [0.2, 0.25) is 0 Å². The highest BCUT2D eigenvalue weighted by Crippen LogP contribution is 2.30. The van der Waals surface area contributed by atoms with E-state index in [0.29, 0.717) is 27.9 Å². The molecule has 4 heterocycles. The van der Waals surface area contributed by atoms with Gasteiger partial charge in [-0.25, -0.2) is 13.8 Å². The van der Waals surface area contributed by atoms with Gasteiger partial charge in [0, 0.05) is 24.8 Å². The Kier molecular flexibility index (Phi) is 3.98. The molecule has 0 radical (unpaired) electrons. The van der Waals surface area contributed by atoms with Gasteiger partial charge in [0.25, 0.3) is 17.7 Å². The number of rotatable bonds is 3. The van der Waals surface area contributed by atoms with Crippen LogP contribution in [0.15, 0.2) is 30.6 Å². The Bertz CT molecular complexity index is 1090. The molecule has 0 atom stereocenters. The van der Waals surface area contributed by atoms with Crippen LogP contribution >= 0.6 is 0 Å². The summed E-state index contributed by atoms with van der Waals surface area (Å²) in [6.07, 6.45) is 2.73. The number of likely N-dealkylation sites (tertiary alicyclic amines) is 1. The average molecular weight is 386 g/mol. The van der Waals surface area contributed by atoms with E-state index in [1.807, 2.05) is 0 Å². The fourth-order valence-electron chi connectivity index (χ4n) is 3.11. The predicted octanol–water partition coefficient (Wildman–Crippen LogP) is 1.66. The van der Waals surface area contributed by atoms with Crippen molar-refractivity contribution in [2.24, 2.45) is 0 Å². The van der Waals surface area contributed by atoms with Gasteiger partial charge in [0.1, 0.15) is 5.82 Å². The van der Waals surface area contributed by atoms with Crippen molar-refractivity contribution in [3.8, 4) is 11.4 Å². The van der Waals surface area contributed by atoms with Crippen molar-refractivity contribution in [1.82, 2.24) is 25.2 Å². The molecule has 144 valence electrons. The standard InChI is InChI=1S/C18H16F2N6O2/c1-22-16(27)11-6-24-15(21)14-10(11)4-13(25-14)12-3-2-9(5-23-12)17(28)26-7-18(19,20)8-26/h2-6,25H,7-8H2,1H3,(H2,21,24)(H,22,27). The number of halogens is 2. The van der Waals surface area contributed by atoms with Crippen molar-refractivity contribution in [2.45, 2.75) is 5.92 Å². The number of hydrogen-bond acceptors (Lipinski definition) is 5. The summed E-state index contributed by atoms with van der Waals surface area (Å²) in [4.78, 5) is 36.6. The summed E-state index contributed by atoms with van der Waals surface area (Å²) in [5, 5.41) is 3.13. The Morgan fingerprint density at radius 3 is 2.61 bits per heavy atom. The van der Waals surface area contributed by atoms with Crippen molar-refractivity contribution in [2.75, 3.05) is 25.9 Å². The van der Waals surface area contributed by atoms with Crippen molar-refractivity contribution < 1.29 is 18.4 Å². The molecule has 3 aromatic rings. The van der Waals surface area contributed by atoms with E-state index in [0.717, 1.165) is 4.90 Å². The van der Waals surface area contributed by atoms with Crippen LogP contribution in [0.25, 0.3) is 22.3 Å². The third kappa shape index (κ3) is 2.92. The highest BCUT2D eigenvalue weighted by atomic mass is 19.3. The van der Waals surface area contributed by atoms with Gasteiger partial charge < -0.3 is 20.9 Å². The molecule has 1 aliphatic heterocycles. The summed E-state index contributed by atoms with van der Waals surface area (Å²) in [7, 11) is 1.52. The normalized spacial score (nSPS) is 15.3. The van der Waals surface area contributed by atoms with E-state index in [9.17, 15) is 18.4 Å². The molecule has 8 nitrogen and oxygen atoms in total. The molecular weight excluding hydrogens is 370 g/mol. The Hall–Kier alpha value is -3.56. The van der Waals surface area contributed by atoms with Gasteiger partial charge in [-0.1, -0.05) is 0 Å². The molecule has 0 spiro atoms. The predicted molar refractivity (Wildman–Crippen MR) is 98.0 cm³/mol. The highest BCUT2D eigenvalue weighted by molar-refractivity contribution is 6.09. The molecule has 2 amide bonds. The maximum Gasteiger partial charge on any atom is 0.282 e. The summed E-state index contributed by atoms with van der Waals surface area (Å²) >= 11 is 0. The maximum absolute atomic E-state index is 12.9. The van der Waals surface area contributed by atoms with Gasteiger partial charge in [-0.2, -0.15) is 0 Å². The lowest BCUT2D eigenvalue weighted by Gasteiger charge is -2.38. The van der Waals surface area contributed by atoms with Crippen LogP contribution in [0.4, 0.5) is 14.6 Å². The fourth-order valence-corrected chi connectivity index (χ4v) is 3.11. The summed E-state index contributed by atoms with van der Waals surface area (Å²) in [5.74, 6) is -3.37. The average Bonchev–Trinajstić information content (AvgIpc) is 3.11. The molecule has 0 unspecified atom stereocenters. The fraction of sp³-hybridized carbons (Fsp3) is 0.222. The first-order chi connectivity index (χ1) is 13.3. The highest BCUT2D eigenvalue weighted by Gasteiger charge is 2.46. The van der Waals surface area contributed by atoms with E-state index >= 15 is 0 Å². The Morgan fingerprint density at radius 1 is 1.25 bits per heavy atom. The number of carbonyl (C=O) groups is 2. The molecule has 0 saturated carbocycles. The SMILES string of the molecule is CNC(=O)c1cnc(N)c2[nH]c(-c3ccc(C(=O)N4CC(F)(F)C4)cn3)cc12. The summed E-state index contributed by atoms with van der Waals surface area (Å²) in [6.45, 7) is -1.16. The number of fused-ring (bicyclic) bond motifs is 1. The number of pyridine rings is 2. The van der Waals surface area contributed by atoms with E-state index in [2.05, 4.69) is 20.3 Å². The molecular formula is C18H16F2N6O2. The third-order valence-electron chi connectivity index (χ3n) is 4.59. The Balaban J connectivity index is 1.64. The van der Waals surface area contributed by atoms with Crippen LogP contribution in [0.1, 0.15) is 20.7 Å². The lowest BCUT2D eigenvalue weighted by molar-refractivity contribution is -0.113. The van der Waals surface area contributed by atoms with Gasteiger partial charge in [-0.15, -0.1) is 0 Å². The lowest BCUT2D eigenvalue weighted by Crippen LogP contribution is -2.58. The molecule has 28 heavy (non-hydrogen) atoms. The van der Waals surface area contributed by atoms with Gasteiger partial charge in [-0.3, -0.25) is 14.6 Å². The largest absolute Gasteiger partial charge is 0.382 e. The number of anilines is 1. The quantitative estimate of drug-likeness (QED) is 0.633. The minimum atomic E-state index is -2.82. The van der Waals surface area contributed by atoms with Crippen LogP contribution in [0, 0.1) is 0 Å². The van der Waals surface area contributed by atoms with Gasteiger partial charge in [-0.05, 0) is 18.2 Å². The zero-order chi connectivity index (χ0) is 20.1. The molecule has 4 N–H and O–H groups in total. The van der Waals surface area contributed by atoms with E-state index < -0.39 is 24.9 Å². The second kappa shape index (κ2) is 6.25. The number of alkyl halides is 2. The second-order valence-corrected chi connectivity index (χ2v) is 6.56. The molecule has 1 aliphatic rings.